The van der Waals surface area contributed by atoms with E-state index in [0.29, 0.717) is 5.92 Å². The van der Waals surface area contributed by atoms with Crippen molar-refractivity contribution in [3.8, 4) is 6.07 Å². The van der Waals surface area contributed by atoms with E-state index in [2.05, 4.69) is 80.6 Å². The second-order valence-corrected chi connectivity index (χ2v) is 9.88. The van der Waals surface area contributed by atoms with E-state index in [1.807, 2.05) is 12.1 Å². The fraction of sp³-hybridized carbons (Fsp3) is 0.400. The zero-order valence-corrected chi connectivity index (χ0v) is 21.1. The Balaban J connectivity index is 1.46. The minimum Gasteiger partial charge on any atom is -0.371 e. The number of hydrogen-bond donors (Lipinski definition) is 0. The fourth-order valence-electron chi connectivity index (χ4n) is 5.19. The molecule has 2 aliphatic rings. The van der Waals surface area contributed by atoms with Gasteiger partial charge in [0.05, 0.1) is 11.6 Å². The zero-order chi connectivity index (χ0) is 24.2. The molecule has 0 aromatic heterocycles. The predicted molar refractivity (Wildman–Crippen MR) is 142 cm³/mol. The first-order valence-corrected chi connectivity index (χ1v) is 12.3. The number of benzene rings is 2. The summed E-state index contributed by atoms with van der Waals surface area (Å²) in [5.41, 5.74) is 10.5. The average Bonchev–Trinajstić information content (AvgIpc) is 2.85. The van der Waals surface area contributed by atoms with Gasteiger partial charge in [-0.15, -0.1) is 0 Å². The molecule has 2 heterocycles. The van der Waals surface area contributed by atoms with Gasteiger partial charge in [-0.05, 0) is 92.6 Å². The number of piperidine rings is 1. The lowest BCUT2D eigenvalue weighted by atomic mass is 9.88. The predicted octanol–water partition coefficient (Wildman–Crippen LogP) is 6.14. The summed E-state index contributed by atoms with van der Waals surface area (Å²) in [7, 11) is 2.17. The van der Waals surface area contributed by atoms with Crippen LogP contribution in [0.25, 0.3) is 5.70 Å². The highest BCUT2D eigenvalue weighted by Gasteiger charge is 2.22. The first-order valence-electron chi connectivity index (χ1n) is 12.3. The molecule has 0 spiro atoms. The second-order valence-electron chi connectivity index (χ2n) is 9.88. The second kappa shape index (κ2) is 10.4. The van der Waals surface area contributed by atoms with Gasteiger partial charge in [0.15, 0.2) is 0 Å². The third-order valence-electron chi connectivity index (χ3n) is 7.38. The van der Waals surface area contributed by atoms with Crippen molar-refractivity contribution in [3.63, 3.8) is 0 Å². The SMILES string of the molecule is C=C(c1ccc(C)c(C(C)=NC2=C(C)CN(C)CC2)c1)N1CCC(c2ccc(C#N)cc2)CC1. The highest BCUT2D eigenvalue weighted by Crippen LogP contribution is 2.32. The molecule has 176 valence electrons. The van der Waals surface area contributed by atoms with Gasteiger partial charge in [0.1, 0.15) is 0 Å². The van der Waals surface area contributed by atoms with Gasteiger partial charge >= 0.3 is 0 Å². The van der Waals surface area contributed by atoms with Crippen molar-refractivity contribution in [2.45, 2.75) is 46.0 Å². The molecule has 0 radical (unpaired) electrons. The molecule has 2 aliphatic heterocycles. The van der Waals surface area contributed by atoms with Gasteiger partial charge in [-0.3, -0.25) is 4.99 Å². The van der Waals surface area contributed by atoms with Crippen molar-refractivity contribution in [2.24, 2.45) is 4.99 Å². The minimum absolute atomic E-state index is 0.547. The summed E-state index contributed by atoms with van der Waals surface area (Å²) >= 11 is 0. The number of rotatable bonds is 5. The molecule has 4 nitrogen and oxygen atoms in total. The van der Waals surface area contributed by atoms with Crippen molar-refractivity contribution < 1.29 is 0 Å². The normalized spacial score (nSPS) is 18.2. The molecule has 1 saturated heterocycles. The van der Waals surface area contributed by atoms with Gasteiger partial charge in [0.2, 0.25) is 0 Å². The summed E-state index contributed by atoms with van der Waals surface area (Å²) in [6.07, 6.45) is 3.22. The molecule has 0 N–H and O–H groups in total. The van der Waals surface area contributed by atoms with Crippen molar-refractivity contribution in [1.29, 1.82) is 5.26 Å². The van der Waals surface area contributed by atoms with Crippen molar-refractivity contribution in [1.82, 2.24) is 9.80 Å². The van der Waals surface area contributed by atoms with E-state index in [1.54, 1.807) is 0 Å². The average molecular weight is 453 g/mol. The number of aryl methyl sites for hydroxylation is 1. The molecule has 0 atom stereocenters. The van der Waals surface area contributed by atoms with Crippen LogP contribution in [0.15, 0.2) is 65.3 Å². The number of likely N-dealkylation sites (tertiary alicyclic amines) is 1. The van der Waals surface area contributed by atoms with E-state index in [0.717, 1.165) is 62.4 Å². The number of nitrogens with zero attached hydrogens (tertiary/aromatic N) is 4. The molecular weight excluding hydrogens is 416 g/mol. The maximum Gasteiger partial charge on any atom is 0.0991 e. The van der Waals surface area contributed by atoms with E-state index in [9.17, 15) is 0 Å². The molecule has 0 amide bonds. The number of aliphatic imine (C=N–C) groups is 1. The van der Waals surface area contributed by atoms with E-state index in [4.69, 9.17) is 10.3 Å². The number of likely N-dealkylation sites (N-methyl/N-ethyl adjacent to an activating group) is 1. The van der Waals surface area contributed by atoms with Crippen LogP contribution in [0, 0.1) is 18.3 Å². The van der Waals surface area contributed by atoms with Gasteiger partial charge in [-0.1, -0.05) is 30.8 Å². The summed E-state index contributed by atoms with van der Waals surface area (Å²) < 4.78 is 0. The number of nitriles is 1. The lowest BCUT2D eigenvalue weighted by Crippen LogP contribution is -2.31. The van der Waals surface area contributed by atoms with Crippen molar-refractivity contribution in [2.75, 3.05) is 33.2 Å². The molecule has 0 aliphatic carbocycles. The van der Waals surface area contributed by atoms with Crippen molar-refractivity contribution in [3.05, 3.63) is 88.1 Å². The summed E-state index contributed by atoms with van der Waals surface area (Å²) in [6.45, 7) is 15.0. The molecule has 2 aromatic carbocycles. The summed E-state index contributed by atoms with van der Waals surface area (Å²) in [5, 5.41) is 9.04. The molecular formula is C30H36N4. The highest BCUT2D eigenvalue weighted by molar-refractivity contribution is 6.01. The Bertz CT molecular complexity index is 1160. The Kier molecular flexibility index (Phi) is 7.34. The first-order chi connectivity index (χ1) is 16.4. The van der Waals surface area contributed by atoms with Gasteiger partial charge in [-0.25, -0.2) is 0 Å². The van der Waals surface area contributed by atoms with E-state index in [1.165, 1.54) is 33.5 Å². The van der Waals surface area contributed by atoms with Crippen LogP contribution in [0.1, 0.15) is 66.8 Å². The van der Waals surface area contributed by atoms with E-state index >= 15 is 0 Å². The molecule has 34 heavy (non-hydrogen) atoms. The summed E-state index contributed by atoms with van der Waals surface area (Å²) in [6, 6.07) is 17.0. The van der Waals surface area contributed by atoms with Crippen LogP contribution in [0.3, 0.4) is 0 Å². The lowest BCUT2D eigenvalue weighted by Gasteiger charge is -2.35. The van der Waals surface area contributed by atoms with Gasteiger partial charge in [0, 0.05) is 49.7 Å². The van der Waals surface area contributed by atoms with Crippen LogP contribution in [0.4, 0.5) is 0 Å². The Hall–Kier alpha value is -3.16. The third-order valence-corrected chi connectivity index (χ3v) is 7.38. The standard InChI is InChI=1S/C30H36N4/c1-21-6-9-28(18-29(21)23(3)32-30-14-15-33(5)20-22(30)2)24(4)34-16-12-27(13-17-34)26-10-7-25(19-31)8-11-26/h6-11,18,27H,4,12-17,20H2,1-3,5H3. The smallest absolute Gasteiger partial charge is 0.0991 e. The lowest BCUT2D eigenvalue weighted by molar-refractivity contribution is 0.299. The van der Waals surface area contributed by atoms with Gasteiger partial charge in [-0.2, -0.15) is 5.26 Å². The maximum absolute atomic E-state index is 9.04. The monoisotopic (exact) mass is 452 g/mol. The Morgan fingerprint density at radius 3 is 2.41 bits per heavy atom. The topological polar surface area (TPSA) is 42.6 Å². The molecule has 4 rings (SSSR count). The van der Waals surface area contributed by atoms with Crippen LogP contribution in [-0.4, -0.2) is 48.7 Å². The van der Waals surface area contributed by atoms with Crippen molar-refractivity contribution >= 4 is 11.4 Å². The quantitative estimate of drug-likeness (QED) is 0.512. The van der Waals surface area contributed by atoms with Crippen LogP contribution < -0.4 is 0 Å². The highest BCUT2D eigenvalue weighted by atomic mass is 15.1. The summed E-state index contributed by atoms with van der Waals surface area (Å²) in [5.74, 6) is 0.547. The van der Waals surface area contributed by atoms with Crippen LogP contribution in [-0.2, 0) is 0 Å². The third kappa shape index (κ3) is 5.32. The molecule has 0 bridgehead atoms. The molecule has 0 saturated carbocycles. The van der Waals surface area contributed by atoms with Crippen LogP contribution in [0.2, 0.25) is 0 Å². The maximum atomic E-state index is 9.04. The fourth-order valence-corrected chi connectivity index (χ4v) is 5.19. The van der Waals surface area contributed by atoms with Gasteiger partial charge < -0.3 is 9.80 Å². The Morgan fingerprint density at radius 1 is 1.06 bits per heavy atom. The van der Waals surface area contributed by atoms with Crippen LogP contribution >= 0.6 is 0 Å². The van der Waals surface area contributed by atoms with E-state index < -0.39 is 0 Å². The van der Waals surface area contributed by atoms with Gasteiger partial charge in [0.25, 0.3) is 0 Å². The number of hydrogen-bond acceptors (Lipinski definition) is 4. The molecule has 1 fully saturated rings. The van der Waals surface area contributed by atoms with E-state index in [-0.39, 0.29) is 0 Å². The molecule has 4 heteroatoms. The summed E-state index contributed by atoms with van der Waals surface area (Å²) in [4.78, 5) is 9.83. The molecule has 0 unspecified atom stereocenters. The first kappa shape index (κ1) is 24.0. The largest absolute Gasteiger partial charge is 0.371 e. The minimum atomic E-state index is 0.547. The molecule has 2 aromatic rings. The van der Waals surface area contributed by atoms with Crippen LogP contribution in [0.5, 0.6) is 0 Å². The Morgan fingerprint density at radius 2 is 1.76 bits per heavy atom. The zero-order valence-electron chi connectivity index (χ0n) is 21.1. The Labute approximate surface area is 204 Å².